The number of hydrogen-bond donors (Lipinski definition) is 2. The summed E-state index contributed by atoms with van der Waals surface area (Å²) < 4.78 is 11.9. The lowest BCUT2D eigenvalue weighted by Crippen LogP contribution is -2.17. The van der Waals surface area contributed by atoms with E-state index in [4.69, 9.17) is 32.7 Å². The lowest BCUT2D eigenvalue weighted by molar-refractivity contribution is -0.112. The third-order valence-corrected chi connectivity index (χ3v) is 7.54. The van der Waals surface area contributed by atoms with E-state index in [1.54, 1.807) is 0 Å². The number of halogens is 2. The lowest BCUT2D eigenvalue weighted by atomic mass is 9.97. The molecule has 0 radical (unpaired) electrons. The average molecular weight is 497 g/mol. The zero-order valence-corrected chi connectivity index (χ0v) is 19.7. The van der Waals surface area contributed by atoms with Crippen molar-refractivity contribution in [1.82, 2.24) is 4.98 Å². The van der Waals surface area contributed by atoms with Crippen LogP contribution in [0.25, 0.3) is 10.2 Å². The Labute approximate surface area is 199 Å². The molecule has 10 heteroatoms. The van der Waals surface area contributed by atoms with Gasteiger partial charge in [-0.2, -0.15) is 0 Å². The van der Waals surface area contributed by atoms with Gasteiger partial charge in [-0.05, 0) is 49.8 Å². The maximum atomic E-state index is 12.7. The molecular formula is C22H22Cl2N2O5S. The molecule has 2 heterocycles. The highest BCUT2D eigenvalue weighted by molar-refractivity contribution is 7.22. The van der Waals surface area contributed by atoms with E-state index in [0.29, 0.717) is 50.6 Å². The highest BCUT2D eigenvalue weighted by Gasteiger charge is 2.25. The summed E-state index contributed by atoms with van der Waals surface area (Å²) in [5, 5.41) is 13.2. The zero-order chi connectivity index (χ0) is 22.8. The van der Waals surface area contributed by atoms with Crippen LogP contribution in [0.15, 0.2) is 33.3 Å². The summed E-state index contributed by atoms with van der Waals surface area (Å²) in [4.78, 5) is 28.8. The Bertz CT molecular complexity index is 1130. The summed E-state index contributed by atoms with van der Waals surface area (Å²) in [6, 6.07) is 3.00. The van der Waals surface area contributed by atoms with Gasteiger partial charge < -0.3 is 14.6 Å². The summed E-state index contributed by atoms with van der Waals surface area (Å²) in [6.07, 6.45) is 3.23. The molecule has 2 N–H and O–H groups in total. The topological polar surface area (TPSA) is 97.8 Å². The number of carboxylic acid groups (broad SMARTS) is 1. The molecule has 0 saturated carbocycles. The molecule has 170 valence electrons. The van der Waals surface area contributed by atoms with Crippen LogP contribution in [0.3, 0.4) is 0 Å². The minimum Gasteiger partial charge on any atom is -0.491 e. The van der Waals surface area contributed by atoms with Gasteiger partial charge in [0.25, 0.3) is 5.91 Å². The van der Waals surface area contributed by atoms with Crippen molar-refractivity contribution in [3.05, 3.63) is 38.9 Å². The van der Waals surface area contributed by atoms with Gasteiger partial charge in [-0.25, -0.2) is 9.78 Å². The standard InChI is InChI=1S/C22H22Cl2N2O5S/c1-11-8-14(18(24)17(11)23)20(27)26-22-25-19-15(9-13(21(28)29)10-16(19)32-22)31-7-4-12-2-5-30-6-3-12/h9-10,12H,2-8H2,1H3,(H,28,29)(H,25,26,27). The van der Waals surface area contributed by atoms with Gasteiger partial charge in [0.15, 0.2) is 5.13 Å². The van der Waals surface area contributed by atoms with E-state index in [0.717, 1.165) is 38.0 Å². The second kappa shape index (κ2) is 9.79. The molecule has 2 aromatic rings. The van der Waals surface area contributed by atoms with E-state index in [2.05, 4.69) is 10.3 Å². The summed E-state index contributed by atoms with van der Waals surface area (Å²) in [5.74, 6) is -0.522. The number of hydrogen-bond acceptors (Lipinski definition) is 6. The average Bonchev–Trinajstić information content (AvgIpc) is 3.29. The van der Waals surface area contributed by atoms with E-state index >= 15 is 0 Å². The SMILES string of the molecule is CC1=C(Cl)C(Cl)=C(C(=O)Nc2nc3c(OCCC4CCOCC4)cc(C(=O)O)cc3s2)C1. The highest BCUT2D eigenvalue weighted by atomic mass is 35.5. The van der Waals surface area contributed by atoms with Crippen molar-refractivity contribution in [3.63, 3.8) is 0 Å². The van der Waals surface area contributed by atoms with Crippen molar-refractivity contribution in [2.24, 2.45) is 5.92 Å². The van der Waals surface area contributed by atoms with Crippen LogP contribution in [-0.2, 0) is 9.53 Å². The first-order valence-corrected chi connectivity index (χ1v) is 11.8. The molecule has 0 spiro atoms. The highest BCUT2D eigenvalue weighted by Crippen LogP contribution is 2.39. The number of benzene rings is 1. The summed E-state index contributed by atoms with van der Waals surface area (Å²) in [6.45, 7) is 3.80. The normalized spacial score (nSPS) is 17.3. The molecule has 0 atom stereocenters. The number of nitrogens with zero attached hydrogens (tertiary/aromatic N) is 1. The number of carbonyl (C=O) groups excluding carboxylic acids is 1. The van der Waals surface area contributed by atoms with Gasteiger partial charge in [0.2, 0.25) is 0 Å². The number of aromatic carboxylic acids is 1. The number of rotatable bonds is 7. The second-order valence-electron chi connectivity index (χ2n) is 7.86. The number of aromatic nitrogens is 1. The number of anilines is 1. The van der Waals surface area contributed by atoms with Crippen LogP contribution in [0, 0.1) is 5.92 Å². The largest absolute Gasteiger partial charge is 0.491 e. The molecule has 0 bridgehead atoms. The Balaban J connectivity index is 1.53. The number of carbonyl (C=O) groups is 2. The molecule has 1 aromatic carbocycles. The lowest BCUT2D eigenvalue weighted by Gasteiger charge is -2.21. The van der Waals surface area contributed by atoms with Gasteiger partial charge in [-0.1, -0.05) is 34.5 Å². The summed E-state index contributed by atoms with van der Waals surface area (Å²) >= 11 is 13.5. The third kappa shape index (κ3) is 4.93. The molecule has 1 amide bonds. The van der Waals surface area contributed by atoms with E-state index in [9.17, 15) is 14.7 Å². The molecule has 1 saturated heterocycles. The zero-order valence-electron chi connectivity index (χ0n) is 17.4. The molecule has 7 nitrogen and oxygen atoms in total. The number of thiazole rings is 1. The fourth-order valence-electron chi connectivity index (χ4n) is 3.75. The molecule has 1 aliphatic heterocycles. The van der Waals surface area contributed by atoms with Gasteiger partial charge in [0.1, 0.15) is 11.3 Å². The molecule has 0 unspecified atom stereocenters. The Morgan fingerprint density at radius 2 is 2.03 bits per heavy atom. The van der Waals surface area contributed by atoms with Gasteiger partial charge in [0.05, 0.1) is 26.9 Å². The van der Waals surface area contributed by atoms with E-state index < -0.39 is 5.97 Å². The van der Waals surface area contributed by atoms with Crippen molar-refractivity contribution in [2.45, 2.75) is 32.6 Å². The Morgan fingerprint density at radius 3 is 2.69 bits per heavy atom. The van der Waals surface area contributed by atoms with Crippen molar-refractivity contribution in [2.75, 3.05) is 25.1 Å². The van der Waals surface area contributed by atoms with Gasteiger partial charge >= 0.3 is 5.97 Å². The Hall–Kier alpha value is -2.13. The fraction of sp³-hybridized carbons (Fsp3) is 0.409. The number of nitrogens with one attached hydrogen (secondary N) is 1. The number of carboxylic acids is 1. The predicted octanol–water partition coefficient (Wildman–Crippen LogP) is 5.54. The van der Waals surface area contributed by atoms with Crippen LogP contribution in [0.5, 0.6) is 5.75 Å². The number of allylic oxidation sites excluding steroid dienone is 3. The molecule has 4 rings (SSSR count). The minimum absolute atomic E-state index is 0.105. The summed E-state index contributed by atoms with van der Waals surface area (Å²) in [7, 11) is 0. The Kier molecular flexibility index (Phi) is 7.05. The molecule has 1 fully saturated rings. The van der Waals surface area contributed by atoms with Crippen LogP contribution in [0.4, 0.5) is 5.13 Å². The van der Waals surface area contributed by atoms with Crippen LogP contribution >= 0.6 is 34.5 Å². The van der Waals surface area contributed by atoms with Gasteiger partial charge in [0, 0.05) is 25.2 Å². The smallest absolute Gasteiger partial charge is 0.335 e. The van der Waals surface area contributed by atoms with Crippen molar-refractivity contribution < 1.29 is 24.2 Å². The van der Waals surface area contributed by atoms with Gasteiger partial charge in [-0.3, -0.25) is 10.1 Å². The number of fused-ring (bicyclic) bond motifs is 1. The monoisotopic (exact) mass is 496 g/mol. The maximum Gasteiger partial charge on any atom is 0.335 e. The van der Waals surface area contributed by atoms with Crippen molar-refractivity contribution in [1.29, 1.82) is 0 Å². The van der Waals surface area contributed by atoms with Crippen LogP contribution in [0.2, 0.25) is 0 Å². The maximum absolute atomic E-state index is 12.7. The second-order valence-corrected chi connectivity index (χ2v) is 9.64. The number of amides is 1. The van der Waals surface area contributed by atoms with E-state index in [1.807, 2.05) is 6.92 Å². The third-order valence-electron chi connectivity index (χ3n) is 5.60. The van der Waals surface area contributed by atoms with Crippen molar-refractivity contribution >= 4 is 61.8 Å². The molecule has 32 heavy (non-hydrogen) atoms. The van der Waals surface area contributed by atoms with Gasteiger partial charge in [-0.15, -0.1) is 0 Å². The van der Waals surface area contributed by atoms with Crippen LogP contribution in [0.1, 0.15) is 43.0 Å². The molecule has 1 aliphatic carbocycles. The summed E-state index contributed by atoms with van der Waals surface area (Å²) in [5.41, 5.74) is 1.83. The molecule has 2 aliphatic rings. The Morgan fingerprint density at radius 1 is 1.28 bits per heavy atom. The number of ether oxygens (including phenoxy) is 2. The first-order chi connectivity index (χ1) is 15.3. The molecular weight excluding hydrogens is 475 g/mol. The van der Waals surface area contributed by atoms with Crippen LogP contribution < -0.4 is 10.1 Å². The minimum atomic E-state index is -1.06. The molecule has 1 aromatic heterocycles. The van der Waals surface area contributed by atoms with E-state index in [-0.39, 0.29) is 16.5 Å². The van der Waals surface area contributed by atoms with Crippen molar-refractivity contribution in [3.8, 4) is 5.75 Å². The quantitative estimate of drug-likeness (QED) is 0.522. The van der Waals surface area contributed by atoms with Crippen LogP contribution in [-0.4, -0.2) is 41.8 Å². The first kappa shape index (κ1) is 23.0. The fourth-order valence-corrected chi connectivity index (χ4v) is 5.16. The first-order valence-electron chi connectivity index (χ1n) is 10.3. The van der Waals surface area contributed by atoms with E-state index in [1.165, 1.54) is 23.5 Å². The predicted molar refractivity (Wildman–Crippen MR) is 125 cm³/mol.